The minimum atomic E-state index is -2.50. The van der Waals surface area contributed by atoms with E-state index in [2.05, 4.69) is 19.2 Å². The van der Waals surface area contributed by atoms with Crippen LogP contribution in [0.1, 0.15) is 26.3 Å². The van der Waals surface area contributed by atoms with Gasteiger partial charge in [0.05, 0.1) is 6.61 Å². The second-order valence-electron chi connectivity index (χ2n) is 4.90. The van der Waals surface area contributed by atoms with Crippen LogP contribution < -0.4 is 14.8 Å². The number of alkyl halides is 2. The molecule has 0 unspecified atom stereocenters. The van der Waals surface area contributed by atoms with E-state index in [-0.39, 0.29) is 0 Å². The molecule has 0 atom stereocenters. The Hall–Kier alpha value is -1.36. The van der Waals surface area contributed by atoms with Crippen molar-refractivity contribution < 1.29 is 18.3 Å². The molecule has 0 spiro atoms. The van der Waals surface area contributed by atoms with Crippen LogP contribution in [-0.2, 0) is 6.54 Å². The summed E-state index contributed by atoms with van der Waals surface area (Å²) < 4.78 is 35.4. The van der Waals surface area contributed by atoms with Crippen LogP contribution in [-0.4, -0.2) is 26.2 Å². The van der Waals surface area contributed by atoms with Gasteiger partial charge in [0.2, 0.25) is 0 Å². The largest absolute Gasteiger partial charge is 0.490 e. The van der Waals surface area contributed by atoms with E-state index in [4.69, 9.17) is 9.47 Å². The molecular formula is C15H23F2NO2. The lowest BCUT2D eigenvalue weighted by Crippen LogP contribution is -2.20. The van der Waals surface area contributed by atoms with Crippen LogP contribution in [0.5, 0.6) is 11.5 Å². The highest BCUT2D eigenvalue weighted by atomic mass is 19.3. The standard InChI is InChI=1S/C15H23F2NO2/c1-4-19-13-7-5-6-12(9-18-8-11(2)3)15(13)20-10-14(16)17/h5-7,11,14,18H,4,8-10H2,1-3H3. The number of benzene rings is 1. The zero-order chi connectivity index (χ0) is 15.0. The van der Waals surface area contributed by atoms with Crippen LogP contribution in [0.4, 0.5) is 8.78 Å². The lowest BCUT2D eigenvalue weighted by atomic mass is 10.1. The predicted octanol–water partition coefficient (Wildman–Crippen LogP) is 3.47. The molecule has 20 heavy (non-hydrogen) atoms. The summed E-state index contributed by atoms with van der Waals surface area (Å²) in [6.07, 6.45) is -2.50. The molecule has 0 heterocycles. The van der Waals surface area contributed by atoms with Crippen molar-refractivity contribution in [1.82, 2.24) is 5.32 Å². The maximum Gasteiger partial charge on any atom is 0.272 e. The quantitative estimate of drug-likeness (QED) is 0.754. The van der Waals surface area contributed by atoms with Crippen molar-refractivity contribution in [2.24, 2.45) is 5.92 Å². The first-order valence-electron chi connectivity index (χ1n) is 6.91. The van der Waals surface area contributed by atoms with Crippen LogP contribution in [0.3, 0.4) is 0 Å². The first kappa shape index (κ1) is 16.7. The third-order valence-corrected chi connectivity index (χ3v) is 2.58. The van der Waals surface area contributed by atoms with Crippen LogP contribution in [0.2, 0.25) is 0 Å². The summed E-state index contributed by atoms with van der Waals surface area (Å²) in [5, 5.41) is 3.28. The van der Waals surface area contributed by atoms with Gasteiger partial charge < -0.3 is 14.8 Å². The third kappa shape index (κ3) is 5.74. The predicted molar refractivity (Wildman–Crippen MR) is 75.7 cm³/mol. The molecule has 0 aromatic heterocycles. The Labute approximate surface area is 119 Å². The van der Waals surface area contributed by atoms with E-state index < -0.39 is 13.0 Å². The smallest absolute Gasteiger partial charge is 0.272 e. The number of hydrogen-bond acceptors (Lipinski definition) is 3. The van der Waals surface area contributed by atoms with Crippen molar-refractivity contribution in [1.29, 1.82) is 0 Å². The van der Waals surface area contributed by atoms with Crippen LogP contribution in [0.25, 0.3) is 0 Å². The summed E-state index contributed by atoms with van der Waals surface area (Å²) in [7, 11) is 0. The van der Waals surface area contributed by atoms with Crippen molar-refractivity contribution in [3.8, 4) is 11.5 Å². The second kappa shape index (κ2) is 8.74. The summed E-state index contributed by atoms with van der Waals surface area (Å²) in [4.78, 5) is 0. The number of para-hydroxylation sites is 1. The molecule has 0 bridgehead atoms. The van der Waals surface area contributed by atoms with E-state index in [0.29, 0.717) is 30.6 Å². The van der Waals surface area contributed by atoms with E-state index in [1.165, 1.54) is 0 Å². The monoisotopic (exact) mass is 287 g/mol. The SMILES string of the molecule is CCOc1cccc(CNCC(C)C)c1OCC(F)F. The van der Waals surface area contributed by atoms with Gasteiger partial charge in [-0.15, -0.1) is 0 Å². The fourth-order valence-corrected chi connectivity index (χ4v) is 1.78. The summed E-state index contributed by atoms with van der Waals surface area (Å²) in [6.45, 7) is 7.33. The van der Waals surface area contributed by atoms with Crippen LogP contribution >= 0.6 is 0 Å². The highest BCUT2D eigenvalue weighted by molar-refractivity contribution is 5.46. The Bertz CT molecular complexity index is 397. The number of halogens is 2. The molecule has 1 aromatic carbocycles. The zero-order valence-electron chi connectivity index (χ0n) is 12.3. The lowest BCUT2D eigenvalue weighted by molar-refractivity contribution is 0.0795. The molecule has 0 saturated heterocycles. The van der Waals surface area contributed by atoms with Gasteiger partial charge in [0.25, 0.3) is 6.43 Å². The topological polar surface area (TPSA) is 30.5 Å². The maximum atomic E-state index is 12.3. The van der Waals surface area contributed by atoms with Crippen molar-refractivity contribution in [3.05, 3.63) is 23.8 Å². The molecule has 0 aliphatic carbocycles. The summed E-state index contributed by atoms with van der Waals surface area (Å²) in [6, 6.07) is 5.43. The average molecular weight is 287 g/mol. The van der Waals surface area contributed by atoms with Crippen molar-refractivity contribution >= 4 is 0 Å². The van der Waals surface area contributed by atoms with Gasteiger partial charge in [0.15, 0.2) is 11.5 Å². The normalized spacial score (nSPS) is 11.2. The molecule has 5 heteroatoms. The first-order chi connectivity index (χ1) is 9.54. The Morgan fingerprint density at radius 3 is 2.55 bits per heavy atom. The number of hydrogen-bond donors (Lipinski definition) is 1. The highest BCUT2D eigenvalue weighted by Gasteiger charge is 2.13. The van der Waals surface area contributed by atoms with E-state index >= 15 is 0 Å². The molecule has 3 nitrogen and oxygen atoms in total. The Morgan fingerprint density at radius 2 is 1.95 bits per heavy atom. The van der Waals surface area contributed by atoms with Gasteiger partial charge in [-0.1, -0.05) is 26.0 Å². The van der Waals surface area contributed by atoms with Gasteiger partial charge in [0.1, 0.15) is 6.61 Å². The lowest BCUT2D eigenvalue weighted by Gasteiger charge is -2.16. The van der Waals surface area contributed by atoms with Gasteiger partial charge in [-0.05, 0) is 25.5 Å². The van der Waals surface area contributed by atoms with Crippen molar-refractivity contribution in [3.63, 3.8) is 0 Å². The van der Waals surface area contributed by atoms with Gasteiger partial charge in [-0.2, -0.15) is 0 Å². The van der Waals surface area contributed by atoms with Crippen molar-refractivity contribution in [2.75, 3.05) is 19.8 Å². The number of ether oxygens (including phenoxy) is 2. The molecule has 0 aliphatic rings. The molecular weight excluding hydrogens is 264 g/mol. The van der Waals surface area contributed by atoms with Gasteiger partial charge in [-0.3, -0.25) is 0 Å². The third-order valence-electron chi connectivity index (χ3n) is 2.58. The molecule has 0 aliphatic heterocycles. The van der Waals surface area contributed by atoms with Crippen LogP contribution in [0.15, 0.2) is 18.2 Å². The molecule has 1 aromatic rings. The van der Waals surface area contributed by atoms with E-state index in [0.717, 1.165) is 12.1 Å². The van der Waals surface area contributed by atoms with Gasteiger partial charge in [-0.25, -0.2) is 8.78 Å². The van der Waals surface area contributed by atoms with E-state index in [1.54, 1.807) is 6.07 Å². The number of nitrogens with one attached hydrogen (secondary N) is 1. The summed E-state index contributed by atoms with van der Waals surface area (Å²) >= 11 is 0. The van der Waals surface area contributed by atoms with Gasteiger partial charge >= 0.3 is 0 Å². The first-order valence-corrected chi connectivity index (χ1v) is 6.91. The summed E-state index contributed by atoms with van der Waals surface area (Å²) in [5.41, 5.74) is 0.831. The number of rotatable bonds is 9. The minimum Gasteiger partial charge on any atom is -0.490 e. The Morgan fingerprint density at radius 1 is 1.20 bits per heavy atom. The molecule has 0 fully saturated rings. The maximum absolute atomic E-state index is 12.3. The Balaban J connectivity index is 2.81. The fourth-order valence-electron chi connectivity index (χ4n) is 1.78. The average Bonchev–Trinajstić information content (AvgIpc) is 2.37. The fraction of sp³-hybridized carbons (Fsp3) is 0.600. The second-order valence-corrected chi connectivity index (χ2v) is 4.90. The molecule has 114 valence electrons. The Kier molecular flexibility index (Phi) is 7.30. The highest BCUT2D eigenvalue weighted by Crippen LogP contribution is 2.31. The van der Waals surface area contributed by atoms with E-state index in [9.17, 15) is 8.78 Å². The van der Waals surface area contributed by atoms with Gasteiger partial charge in [0, 0.05) is 12.1 Å². The molecule has 0 radical (unpaired) electrons. The van der Waals surface area contributed by atoms with E-state index in [1.807, 2.05) is 19.1 Å². The molecule has 0 amide bonds. The minimum absolute atomic E-state index is 0.408. The van der Waals surface area contributed by atoms with Crippen molar-refractivity contribution in [2.45, 2.75) is 33.7 Å². The molecule has 1 N–H and O–H groups in total. The van der Waals surface area contributed by atoms with Crippen LogP contribution in [0, 0.1) is 5.92 Å². The zero-order valence-corrected chi connectivity index (χ0v) is 12.3. The molecule has 1 rings (SSSR count). The summed E-state index contributed by atoms with van der Waals surface area (Å²) in [5.74, 6) is 1.44. The molecule has 0 saturated carbocycles.